The van der Waals surface area contributed by atoms with Gasteiger partial charge in [-0.1, -0.05) is 54.2 Å². The number of tetrazole rings is 1. The number of carbonyl (C=O) groups excluding carboxylic acids is 1. The van der Waals surface area contributed by atoms with Crippen molar-refractivity contribution in [1.82, 2.24) is 25.1 Å². The predicted octanol–water partition coefficient (Wildman–Crippen LogP) is 2.91. The van der Waals surface area contributed by atoms with Crippen LogP contribution in [0.4, 0.5) is 0 Å². The molecule has 1 amide bonds. The fourth-order valence-electron chi connectivity index (χ4n) is 2.84. The van der Waals surface area contributed by atoms with Gasteiger partial charge >= 0.3 is 0 Å². The molecule has 7 heteroatoms. The van der Waals surface area contributed by atoms with E-state index in [0.29, 0.717) is 18.3 Å². The van der Waals surface area contributed by atoms with Crippen molar-refractivity contribution < 1.29 is 4.79 Å². The summed E-state index contributed by atoms with van der Waals surface area (Å²) in [5, 5.41) is 14.9. The molecule has 0 bridgehead atoms. The first-order valence-electron chi connectivity index (χ1n) is 8.33. The Morgan fingerprint density at radius 3 is 2.88 bits per heavy atom. The Labute approximate surface area is 150 Å². The van der Waals surface area contributed by atoms with Crippen molar-refractivity contribution in [2.24, 2.45) is 0 Å². The second-order valence-corrected chi connectivity index (χ2v) is 7.26. The monoisotopic (exact) mass is 353 g/mol. The van der Waals surface area contributed by atoms with Gasteiger partial charge in [-0.15, -0.1) is 5.10 Å². The summed E-state index contributed by atoms with van der Waals surface area (Å²) in [5.74, 6) is 0.414. The Balaban J connectivity index is 1.41. The van der Waals surface area contributed by atoms with Gasteiger partial charge in [-0.2, -0.15) is 0 Å². The Morgan fingerprint density at radius 2 is 2.04 bits per heavy atom. The van der Waals surface area contributed by atoms with Crippen LogP contribution in [-0.4, -0.2) is 43.8 Å². The van der Waals surface area contributed by atoms with Gasteiger partial charge < -0.3 is 4.90 Å². The van der Waals surface area contributed by atoms with Crippen LogP contribution in [0.3, 0.4) is 0 Å². The Morgan fingerprint density at radius 1 is 1.24 bits per heavy atom. The van der Waals surface area contributed by atoms with Crippen molar-refractivity contribution in [3.05, 3.63) is 48.0 Å². The summed E-state index contributed by atoms with van der Waals surface area (Å²) in [5.41, 5.74) is 1.15. The lowest BCUT2D eigenvalue weighted by molar-refractivity contribution is -0.127. The van der Waals surface area contributed by atoms with Crippen molar-refractivity contribution in [2.45, 2.75) is 30.6 Å². The number of benzene rings is 2. The van der Waals surface area contributed by atoms with E-state index in [1.54, 1.807) is 4.90 Å². The van der Waals surface area contributed by atoms with Crippen LogP contribution in [-0.2, 0) is 11.3 Å². The van der Waals surface area contributed by atoms with Crippen molar-refractivity contribution in [1.29, 1.82) is 0 Å². The van der Waals surface area contributed by atoms with Gasteiger partial charge in [-0.05, 0) is 39.6 Å². The van der Waals surface area contributed by atoms with Crippen molar-refractivity contribution >= 4 is 28.4 Å². The number of thioether (sulfide) groups is 1. The largest absolute Gasteiger partial charge is 0.341 e. The quantitative estimate of drug-likeness (QED) is 0.638. The standard InChI is InChI=1S/C18H19N5OS/c1-22(11-14-7-4-6-13-5-2-3-8-16(13)14)17(24)12-25-18-19-20-21-23(18)15-9-10-15/h2-8,15H,9-12H2,1H3. The highest BCUT2D eigenvalue weighted by Crippen LogP contribution is 2.36. The number of hydrogen-bond donors (Lipinski definition) is 0. The molecular weight excluding hydrogens is 334 g/mol. The van der Waals surface area contributed by atoms with E-state index in [2.05, 4.69) is 39.8 Å². The van der Waals surface area contributed by atoms with Gasteiger partial charge in [0.15, 0.2) is 0 Å². The normalized spacial score (nSPS) is 14.0. The van der Waals surface area contributed by atoms with E-state index in [1.165, 1.54) is 22.5 Å². The number of rotatable bonds is 6. The van der Waals surface area contributed by atoms with Gasteiger partial charge in [0.1, 0.15) is 0 Å². The molecule has 3 aromatic rings. The lowest BCUT2D eigenvalue weighted by atomic mass is 10.0. The number of amides is 1. The summed E-state index contributed by atoms with van der Waals surface area (Å²) in [7, 11) is 1.84. The summed E-state index contributed by atoms with van der Waals surface area (Å²) in [6.07, 6.45) is 2.24. The molecule has 0 saturated heterocycles. The molecule has 0 atom stereocenters. The van der Waals surface area contributed by atoms with Gasteiger partial charge in [0.2, 0.25) is 11.1 Å². The predicted molar refractivity (Wildman–Crippen MR) is 97.2 cm³/mol. The second-order valence-electron chi connectivity index (χ2n) is 6.31. The number of hydrogen-bond acceptors (Lipinski definition) is 5. The van der Waals surface area contributed by atoms with E-state index in [-0.39, 0.29) is 5.91 Å². The number of fused-ring (bicyclic) bond motifs is 1. The molecule has 0 radical (unpaired) electrons. The maximum Gasteiger partial charge on any atom is 0.233 e. The molecule has 6 nitrogen and oxygen atoms in total. The maximum atomic E-state index is 12.5. The van der Waals surface area contributed by atoms with Gasteiger partial charge in [0.05, 0.1) is 11.8 Å². The average Bonchev–Trinajstić information content (AvgIpc) is 3.38. The Kier molecular flexibility index (Phi) is 4.40. The minimum Gasteiger partial charge on any atom is -0.341 e. The Bertz CT molecular complexity index is 900. The smallest absolute Gasteiger partial charge is 0.233 e. The lowest BCUT2D eigenvalue weighted by Gasteiger charge is -2.18. The Hall–Kier alpha value is -2.41. The van der Waals surface area contributed by atoms with Crippen molar-refractivity contribution in [3.8, 4) is 0 Å². The first kappa shape index (κ1) is 16.1. The molecule has 1 heterocycles. The van der Waals surface area contributed by atoms with E-state index in [0.717, 1.165) is 23.6 Å². The van der Waals surface area contributed by atoms with Crippen molar-refractivity contribution in [2.75, 3.05) is 12.8 Å². The zero-order valence-corrected chi connectivity index (χ0v) is 14.8. The fraction of sp³-hybridized carbons (Fsp3) is 0.333. The van der Waals surface area contributed by atoms with Crippen LogP contribution in [0.15, 0.2) is 47.6 Å². The minimum absolute atomic E-state index is 0.0725. The summed E-state index contributed by atoms with van der Waals surface area (Å²) >= 11 is 1.41. The average molecular weight is 353 g/mol. The SMILES string of the molecule is CN(Cc1cccc2ccccc12)C(=O)CSc1nnnn1C1CC1. The molecule has 0 unspecified atom stereocenters. The molecular formula is C18H19N5OS. The van der Waals surface area contributed by atoms with E-state index in [1.807, 2.05) is 29.9 Å². The second kappa shape index (κ2) is 6.84. The summed E-state index contributed by atoms with van der Waals surface area (Å²) in [6, 6.07) is 14.9. The molecule has 128 valence electrons. The highest BCUT2D eigenvalue weighted by atomic mass is 32.2. The van der Waals surface area contributed by atoms with Crippen LogP contribution in [0.1, 0.15) is 24.4 Å². The van der Waals surface area contributed by atoms with Gasteiger partial charge in [-0.25, -0.2) is 4.68 Å². The molecule has 4 rings (SSSR count). The highest BCUT2D eigenvalue weighted by molar-refractivity contribution is 7.99. The van der Waals surface area contributed by atoms with Gasteiger partial charge in [-0.3, -0.25) is 4.79 Å². The number of carbonyl (C=O) groups is 1. The van der Waals surface area contributed by atoms with E-state index < -0.39 is 0 Å². The zero-order chi connectivity index (χ0) is 17.2. The van der Waals surface area contributed by atoms with Crippen LogP contribution in [0.2, 0.25) is 0 Å². The van der Waals surface area contributed by atoms with Crippen molar-refractivity contribution in [3.63, 3.8) is 0 Å². The van der Waals surface area contributed by atoms with Gasteiger partial charge in [0.25, 0.3) is 0 Å². The van der Waals surface area contributed by atoms with E-state index in [4.69, 9.17) is 0 Å². The summed E-state index contributed by atoms with van der Waals surface area (Å²) in [4.78, 5) is 14.3. The number of aromatic nitrogens is 4. The van der Waals surface area contributed by atoms with Crippen LogP contribution >= 0.6 is 11.8 Å². The van der Waals surface area contributed by atoms with Crippen LogP contribution in [0, 0.1) is 0 Å². The molecule has 0 N–H and O–H groups in total. The molecule has 1 aliphatic rings. The molecule has 25 heavy (non-hydrogen) atoms. The highest BCUT2D eigenvalue weighted by Gasteiger charge is 2.28. The first-order valence-corrected chi connectivity index (χ1v) is 9.32. The third-order valence-corrected chi connectivity index (χ3v) is 5.31. The van der Waals surface area contributed by atoms with Crippen LogP contribution in [0.25, 0.3) is 10.8 Å². The zero-order valence-electron chi connectivity index (χ0n) is 14.0. The molecule has 1 aromatic heterocycles. The van der Waals surface area contributed by atoms with Crippen LogP contribution < -0.4 is 0 Å². The summed E-state index contributed by atoms with van der Waals surface area (Å²) < 4.78 is 1.84. The molecule has 1 aliphatic carbocycles. The molecule has 2 aromatic carbocycles. The fourth-order valence-corrected chi connectivity index (χ4v) is 3.72. The topological polar surface area (TPSA) is 63.9 Å². The van der Waals surface area contributed by atoms with Crippen LogP contribution in [0.5, 0.6) is 0 Å². The minimum atomic E-state index is 0.0725. The number of nitrogens with zero attached hydrogens (tertiary/aromatic N) is 5. The van der Waals surface area contributed by atoms with E-state index >= 15 is 0 Å². The summed E-state index contributed by atoms with van der Waals surface area (Å²) in [6.45, 7) is 0.592. The van der Waals surface area contributed by atoms with Gasteiger partial charge in [0, 0.05) is 13.6 Å². The molecule has 1 saturated carbocycles. The first-order chi connectivity index (χ1) is 12.2. The molecule has 0 spiro atoms. The third kappa shape index (κ3) is 3.51. The maximum absolute atomic E-state index is 12.5. The third-order valence-electron chi connectivity index (χ3n) is 4.39. The van der Waals surface area contributed by atoms with E-state index in [9.17, 15) is 4.79 Å². The molecule has 1 fully saturated rings. The lowest BCUT2D eigenvalue weighted by Crippen LogP contribution is -2.28. The molecule has 0 aliphatic heterocycles.